The number of rotatable bonds is 5. The van der Waals surface area contributed by atoms with E-state index in [0.717, 1.165) is 35.2 Å². The highest BCUT2D eigenvalue weighted by Gasteiger charge is 2.26. The molecule has 0 atom stereocenters. The summed E-state index contributed by atoms with van der Waals surface area (Å²) in [4.78, 5) is 27.5. The van der Waals surface area contributed by atoms with Crippen molar-refractivity contribution in [1.29, 1.82) is 0 Å². The van der Waals surface area contributed by atoms with E-state index in [1.165, 1.54) is 12.8 Å². The standard InChI is InChI=1S/C21H22N6OS/c1-26(2)20(28)18-11-14-12-22-21(24-16-9-7-15(8-10-16)23-13-29)25-19(14)27(18)17-5-3-4-6-17/h7-12,17H,3-6H2,1-2H3,(H,22,24,25). The molecule has 0 spiro atoms. The largest absolute Gasteiger partial charge is 0.343 e. The summed E-state index contributed by atoms with van der Waals surface area (Å²) < 4.78 is 2.11. The molecule has 3 aromatic rings. The third kappa shape index (κ3) is 3.90. The Bertz CT molecular complexity index is 1090. The van der Waals surface area contributed by atoms with Crippen LogP contribution in [-0.2, 0) is 0 Å². The summed E-state index contributed by atoms with van der Waals surface area (Å²) >= 11 is 4.63. The zero-order chi connectivity index (χ0) is 20.4. The molecule has 4 rings (SSSR count). The summed E-state index contributed by atoms with van der Waals surface area (Å²) in [7, 11) is 3.55. The van der Waals surface area contributed by atoms with Crippen LogP contribution < -0.4 is 5.32 Å². The first-order valence-electron chi connectivity index (χ1n) is 9.61. The summed E-state index contributed by atoms with van der Waals surface area (Å²) in [6.07, 6.45) is 6.24. The Morgan fingerprint density at radius 3 is 2.66 bits per heavy atom. The number of nitrogens with one attached hydrogen (secondary N) is 1. The minimum absolute atomic E-state index is 0.0147. The minimum atomic E-state index is -0.0147. The van der Waals surface area contributed by atoms with E-state index in [2.05, 4.69) is 37.2 Å². The maximum absolute atomic E-state index is 12.8. The molecule has 148 valence electrons. The van der Waals surface area contributed by atoms with Gasteiger partial charge in [0, 0.05) is 37.4 Å². The van der Waals surface area contributed by atoms with Gasteiger partial charge in [0.15, 0.2) is 0 Å². The first-order valence-corrected chi connectivity index (χ1v) is 10.0. The Balaban J connectivity index is 1.73. The minimum Gasteiger partial charge on any atom is -0.343 e. The van der Waals surface area contributed by atoms with E-state index >= 15 is 0 Å². The maximum Gasteiger partial charge on any atom is 0.270 e. The van der Waals surface area contributed by atoms with E-state index in [9.17, 15) is 4.79 Å². The van der Waals surface area contributed by atoms with Gasteiger partial charge in [0.25, 0.3) is 5.91 Å². The summed E-state index contributed by atoms with van der Waals surface area (Å²) in [5.74, 6) is 0.476. The average molecular weight is 407 g/mol. The Labute approximate surface area is 174 Å². The van der Waals surface area contributed by atoms with E-state index < -0.39 is 0 Å². The number of fused-ring (bicyclic) bond motifs is 1. The second kappa shape index (κ2) is 8.11. The number of amides is 1. The number of anilines is 2. The lowest BCUT2D eigenvalue weighted by atomic mass is 10.2. The van der Waals surface area contributed by atoms with Crippen molar-refractivity contribution >= 4 is 51.6 Å². The van der Waals surface area contributed by atoms with Gasteiger partial charge in [-0.05, 0) is 55.4 Å². The molecule has 1 aromatic carbocycles. The van der Waals surface area contributed by atoms with E-state index in [-0.39, 0.29) is 5.91 Å². The van der Waals surface area contributed by atoms with Crippen LogP contribution in [0.1, 0.15) is 42.2 Å². The number of benzene rings is 1. The third-order valence-electron chi connectivity index (χ3n) is 5.19. The normalized spacial score (nSPS) is 14.0. The number of nitrogens with zero attached hydrogens (tertiary/aromatic N) is 5. The van der Waals surface area contributed by atoms with Crippen LogP contribution in [0.15, 0.2) is 41.5 Å². The van der Waals surface area contributed by atoms with Crippen LogP contribution in [0.5, 0.6) is 0 Å². The van der Waals surface area contributed by atoms with Crippen LogP contribution in [0.2, 0.25) is 0 Å². The fraction of sp³-hybridized carbons (Fsp3) is 0.333. The maximum atomic E-state index is 12.8. The van der Waals surface area contributed by atoms with Gasteiger partial charge in [-0.1, -0.05) is 12.8 Å². The van der Waals surface area contributed by atoms with Crippen molar-refractivity contribution in [3.63, 3.8) is 0 Å². The Hall–Kier alpha value is -3.09. The van der Waals surface area contributed by atoms with E-state index in [1.807, 2.05) is 30.3 Å². The monoisotopic (exact) mass is 406 g/mol. The van der Waals surface area contributed by atoms with Gasteiger partial charge in [0.2, 0.25) is 5.95 Å². The average Bonchev–Trinajstić information content (AvgIpc) is 3.36. The van der Waals surface area contributed by atoms with Crippen molar-refractivity contribution in [3.8, 4) is 0 Å². The smallest absolute Gasteiger partial charge is 0.270 e. The van der Waals surface area contributed by atoms with Crippen molar-refractivity contribution in [2.45, 2.75) is 31.7 Å². The van der Waals surface area contributed by atoms with Crippen LogP contribution in [0.4, 0.5) is 17.3 Å². The van der Waals surface area contributed by atoms with Crippen molar-refractivity contribution < 1.29 is 4.79 Å². The van der Waals surface area contributed by atoms with Gasteiger partial charge in [-0.3, -0.25) is 4.79 Å². The first kappa shape index (κ1) is 19.2. The molecule has 1 amide bonds. The quantitative estimate of drug-likeness (QED) is 0.490. The predicted octanol–water partition coefficient (Wildman–Crippen LogP) is 4.73. The number of carbonyl (C=O) groups excluding carboxylic acids is 1. The van der Waals surface area contributed by atoms with Gasteiger partial charge >= 0.3 is 0 Å². The molecule has 1 saturated carbocycles. The molecule has 0 aliphatic heterocycles. The van der Waals surface area contributed by atoms with Crippen molar-refractivity contribution in [2.24, 2.45) is 4.99 Å². The third-order valence-corrected chi connectivity index (χ3v) is 5.28. The molecule has 0 radical (unpaired) electrons. The second-order valence-corrected chi connectivity index (χ2v) is 7.57. The SMILES string of the molecule is CN(C)C(=O)c1cc2cnc(Nc3ccc(N=C=S)cc3)nc2n1C1CCCC1. The van der Waals surface area contributed by atoms with Gasteiger partial charge in [-0.15, -0.1) is 0 Å². The van der Waals surface area contributed by atoms with Crippen LogP contribution in [0, 0.1) is 0 Å². The van der Waals surface area contributed by atoms with Crippen LogP contribution in [0.25, 0.3) is 11.0 Å². The molecule has 1 fully saturated rings. The van der Waals surface area contributed by atoms with Crippen LogP contribution in [-0.4, -0.2) is 44.6 Å². The van der Waals surface area contributed by atoms with Crippen LogP contribution >= 0.6 is 12.2 Å². The fourth-order valence-electron chi connectivity index (χ4n) is 3.80. The van der Waals surface area contributed by atoms with Gasteiger partial charge in [-0.2, -0.15) is 9.98 Å². The lowest BCUT2D eigenvalue weighted by Gasteiger charge is -2.19. The number of aliphatic imine (C=N–C) groups is 1. The summed E-state index contributed by atoms with van der Waals surface area (Å²) in [6.45, 7) is 0. The molecule has 7 nitrogen and oxygen atoms in total. The molecule has 2 aromatic heterocycles. The number of hydrogen-bond acceptors (Lipinski definition) is 6. The second-order valence-electron chi connectivity index (χ2n) is 7.38. The lowest BCUT2D eigenvalue weighted by molar-refractivity contribution is 0.0815. The van der Waals surface area contributed by atoms with Crippen molar-refractivity contribution in [1.82, 2.24) is 19.4 Å². The Kier molecular flexibility index (Phi) is 5.38. The lowest BCUT2D eigenvalue weighted by Crippen LogP contribution is -2.25. The Morgan fingerprint density at radius 2 is 2.00 bits per heavy atom. The first-order chi connectivity index (χ1) is 14.1. The van der Waals surface area contributed by atoms with E-state index in [1.54, 1.807) is 25.2 Å². The number of aromatic nitrogens is 3. The fourth-order valence-corrected chi connectivity index (χ4v) is 3.90. The van der Waals surface area contributed by atoms with E-state index in [0.29, 0.717) is 17.7 Å². The zero-order valence-corrected chi connectivity index (χ0v) is 17.2. The highest BCUT2D eigenvalue weighted by Crippen LogP contribution is 2.35. The molecular weight excluding hydrogens is 384 g/mol. The highest BCUT2D eigenvalue weighted by atomic mass is 32.1. The summed E-state index contributed by atoms with van der Waals surface area (Å²) in [5, 5.41) is 6.45. The number of thiocarbonyl (C=S) groups is 1. The topological polar surface area (TPSA) is 75.4 Å². The number of hydrogen-bond donors (Lipinski definition) is 1. The summed E-state index contributed by atoms with van der Waals surface area (Å²) in [6, 6.07) is 9.65. The zero-order valence-electron chi connectivity index (χ0n) is 16.4. The molecule has 0 bridgehead atoms. The molecule has 1 aliphatic rings. The molecule has 1 N–H and O–H groups in total. The number of carbonyl (C=O) groups is 1. The van der Waals surface area contributed by atoms with Gasteiger partial charge in [0.05, 0.1) is 10.8 Å². The molecule has 8 heteroatoms. The van der Waals surface area contributed by atoms with Gasteiger partial charge in [0.1, 0.15) is 11.3 Å². The van der Waals surface area contributed by atoms with Crippen molar-refractivity contribution in [3.05, 3.63) is 42.2 Å². The molecule has 29 heavy (non-hydrogen) atoms. The van der Waals surface area contributed by atoms with Gasteiger partial charge in [-0.25, -0.2) is 4.98 Å². The van der Waals surface area contributed by atoms with E-state index in [4.69, 9.17) is 4.98 Å². The number of isothiocyanates is 1. The Morgan fingerprint density at radius 1 is 1.28 bits per heavy atom. The molecular formula is C21H22N6OS. The summed E-state index contributed by atoms with van der Waals surface area (Å²) in [5.41, 5.74) is 3.05. The molecule has 2 heterocycles. The van der Waals surface area contributed by atoms with Crippen LogP contribution in [0.3, 0.4) is 0 Å². The van der Waals surface area contributed by atoms with Crippen molar-refractivity contribution in [2.75, 3.05) is 19.4 Å². The molecule has 0 saturated heterocycles. The highest BCUT2D eigenvalue weighted by molar-refractivity contribution is 7.78. The predicted molar refractivity (Wildman–Crippen MR) is 117 cm³/mol. The molecule has 0 unspecified atom stereocenters. The van der Waals surface area contributed by atoms with Gasteiger partial charge < -0.3 is 14.8 Å². The molecule has 1 aliphatic carbocycles.